The summed E-state index contributed by atoms with van der Waals surface area (Å²) in [4.78, 5) is 58.6. The van der Waals surface area contributed by atoms with Crippen molar-refractivity contribution in [1.29, 1.82) is 0 Å². The van der Waals surface area contributed by atoms with E-state index in [4.69, 9.17) is 32.3 Å². The molecule has 0 amide bonds. The van der Waals surface area contributed by atoms with Crippen LogP contribution in [0.5, 0.6) is 0 Å². The van der Waals surface area contributed by atoms with Crippen molar-refractivity contribution < 1.29 is 75.8 Å². The molecular formula is C81H140O16P2. The molecule has 18 heteroatoms. The molecule has 5 atom stereocenters. The number of carbonyl (C=O) groups is 3. The van der Waals surface area contributed by atoms with Crippen LogP contribution in [0.1, 0.15) is 316 Å². The predicted molar refractivity (Wildman–Crippen MR) is 408 cm³/mol. The Bertz CT molecular complexity index is 2290. The number of hydrogen-bond acceptors (Lipinski definition) is 14. The number of allylic oxidation sites excluding steroid dienone is 20. The molecule has 0 aromatic carbocycles. The van der Waals surface area contributed by atoms with Gasteiger partial charge in [0.1, 0.15) is 25.4 Å². The van der Waals surface area contributed by atoms with E-state index >= 15 is 0 Å². The summed E-state index contributed by atoms with van der Waals surface area (Å²) in [5.41, 5.74) is 0. The van der Waals surface area contributed by atoms with Gasteiger partial charge in [-0.2, -0.15) is 0 Å². The van der Waals surface area contributed by atoms with E-state index in [0.717, 1.165) is 154 Å². The predicted octanol–water partition coefficient (Wildman–Crippen LogP) is 22.5. The third-order valence-electron chi connectivity index (χ3n) is 16.1. The minimum absolute atomic E-state index is 0.0833. The molecule has 0 heterocycles. The number of aliphatic hydroxyl groups is 2. The highest BCUT2D eigenvalue weighted by atomic mass is 31.2. The first-order valence-electron chi connectivity index (χ1n) is 38.8. The first-order chi connectivity index (χ1) is 48.2. The van der Waals surface area contributed by atoms with Crippen LogP contribution in [0.25, 0.3) is 0 Å². The highest BCUT2D eigenvalue weighted by Gasteiger charge is 2.29. The Kier molecular flexibility index (Phi) is 70.7. The number of phosphoric ester groups is 2. The minimum Gasteiger partial charge on any atom is -0.463 e. The monoisotopic (exact) mass is 1430 g/mol. The van der Waals surface area contributed by atoms with Crippen LogP contribution in [-0.4, -0.2) is 95.9 Å². The Morgan fingerprint density at radius 3 is 0.848 bits per heavy atom. The third kappa shape index (κ3) is 74.9. The number of carbonyl (C=O) groups excluding carboxylic acids is 3. The lowest BCUT2D eigenvalue weighted by Gasteiger charge is -2.21. The SMILES string of the molecule is CC/C=C\C/C=C\C/C=C\C/C=C\CCCCCCCCC(=O)OCC(COP(=O)(O)OCC(O)COP(=O)(O)OCC(O)COC(=O)CCCCCCCCCCCCCCC/C=C\C/C=C\C/C=C\C/C=C\CCCCC)OC(=O)CCCCCCC/C=C\C/C=C\CCCCC. The van der Waals surface area contributed by atoms with Gasteiger partial charge in [0.05, 0.1) is 26.4 Å². The van der Waals surface area contributed by atoms with E-state index in [0.29, 0.717) is 19.3 Å². The number of unbranched alkanes of at least 4 members (excludes halogenated alkanes) is 30. The van der Waals surface area contributed by atoms with E-state index in [9.17, 15) is 43.5 Å². The van der Waals surface area contributed by atoms with Gasteiger partial charge in [0.25, 0.3) is 0 Å². The number of hydrogen-bond donors (Lipinski definition) is 4. The number of rotatable bonds is 73. The number of phosphoric acid groups is 2. The maximum absolute atomic E-state index is 12.9. The maximum atomic E-state index is 12.9. The summed E-state index contributed by atoms with van der Waals surface area (Å²) in [6.07, 6.45) is 86.7. The van der Waals surface area contributed by atoms with Gasteiger partial charge in [0.2, 0.25) is 0 Å². The van der Waals surface area contributed by atoms with Crippen molar-refractivity contribution in [3.63, 3.8) is 0 Å². The molecule has 0 aliphatic rings. The van der Waals surface area contributed by atoms with Gasteiger partial charge >= 0.3 is 33.6 Å². The van der Waals surface area contributed by atoms with Gasteiger partial charge in [-0.25, -0.2) is 9.13 Å². The molecule has 0 saturated heterocycles. The van der Waals surface area contributed by atoms with E-state index in [-0.39, 0.29) is 19.3 Å². The van der Waals surface area contributed by atoms with Gasteiger partial charge in [-0.3, -0.25) is 32.5 Å². The molecule has 0 rings (SSSR count). The van der Waals surface area contributed by atoms with E-state index in [1.807, 2.05) is 0 Å². The molecule has 16 nitrogen and oxygen atoms in total. The quantitative estimate of drug-likeness (QED) is 0.0146. The van der Waals surface area contributed by atoms with Crippen molar-refractivity contribution in [1.82, 2.24) is 0 Å². The van der Waals surface area contributed by atoms with E-state index < -0.39 is 91.5 Å². The fourth-order valence-corrected chi connectivity index (χ4v) is 11.8. The molecule has 0 aromatic heterocycles. The molecule has 4 N–H and O–H groups in total. The van der Waals surface area contributed by atoms with Crippen molar-refractivity contribution >= 4 is 33.6 Å². The van der Waals surface area contributed by atoms with Crippen LogP contribution in [0.2, 0.25) is 0 Å². The van der Waals surface area contributed by atoms with E-state index in [1.54, 1.807) is 0 Å². The zero-order valence-corrected chi connectivity index (χ0v) is 63.9. The lowest BCUT2D eigenvalue weighted by Crippen LogP contribution is -2.30. The fourth-order valence-electron chi connectivity index (χ4n) is 10.2. The van der Waals surface area contributed by atoms with Gasteiger partial charge in [-0.05, 0) is 135 Å². The minimum atomic E-state index is -4.94. The average molecular weight is 1430 g/mol. The van der Waals surface area contributed by atoms with Crippen LogP contribution in [0.3, 0.4) is 0 Å². The summed E-state index contributed by atoms with van der Waals surface area (Å²) < 4.78 is 61.1. The van der Waals surface area contributed by atoms with Crippen molar-refractivity contribution in [2.24, 2.45) is 0 Å². The van der Waals surface area contributed by atoms with E-state index in [1.165, 1.54) is 103 Å². The molecule has 5 unspecified atom stereocenters. The van der Waals surface area contributed by atoms with Gasteiger partial charge in [-0.15, -0.1) is 0 Å². The second-order valence-electron chi connectivity index (χ2n) is 25.8. The van der Waals surface area contributed by atoms with Crippen molar-refractivity contribution in [2.45, 2.75) is 334 Å². The van der Waals surface area contributed by atoms with Crippen LogP contribution in [0.15, 0.2) is 122 Å². The Morgan fingerprint density at radius 1 is 0.293 bits per heavy atom. The molecule has 0 bridgehead atoms. The highest BCUT2D eigenvalue weighted by Crippen LogP contribution is 2.45. The third-order valence-corrected chi connectivity index (χ3v) is 18.0. The van der Waals surface area contributed by atoms with E-state index in [2.05, 4.69) is 142 Å². The molecule has 0 spiro atoms. The topological polar surface area (TPSA) is 231 Å². The zero-order valence-electron chi connectivity index (χ0n) is 62.1. The zero-order chi connectivity index (χ0) is 72.3. The van der Waals surface area contributed by atoms with Crippen LogP contribution in [0, 0.1) is 0 Å². The lowest BCUT2D eigenvalue weighted by molar-refractivity contribution is -0.161. The molecule has 0 aromatic rings. The first kappa shape index (κ1) is 94.9. The Hall–Kier alpha value is -4.05. The fraction of sp³-hybridized carbons (Fsp3) is 0.716. The number of ether oxygens (including phenoxy) is 3. The number of esters is 3. The summed E-state index contributed by atoms with van der Waals surface area (Å²) >= 11 is 0. The molecule has 99 heavy (non-hydrogen) atoms. The first-order valence-corrected chi connectivity index (χ1v) is 41.8. The lowest BCUT2D eigenvalue weighted by atomic mass is 10.0. The van der Waals surface area contributed by atoms with Crippen molar-refractivity contribution in [3.05, 3.63) is 122 Å². The molecule has 0 aliphatic heterocycles. The summed E-state index contributed by atoms with van der Waals surface area (Å²) in [6.45, 7) is 2.49. The van der Waals surface area contributed by atoms with Crippen LogP contribution in [-0.2, 0) is 55.8 Å². The van der Waals surface area contributed by atoms with Crippen LogP contribution in [0.4, 0.5) is 0 Å². The molecule has 0 fully saturated rings. The summed E-state index contributed by atoms with van der Waals surface area (Å²) in [5.74, 6) is -1.61. The van der Waals surface area contributed by atoms with Gasteiger partial charge < -0.3 is 34.2 Å². The summed E-state index contributed by atoms with van der Waals surface area (Å²) in [6, 6.07) is 0. The Balaban J connectivity index is 4.53. The van der Waals surface area contributed by atoms with Crippen LogP contribution < -0.4 is 0 Å². The Labute approximate surface area is 602 Å². The van der Waals surface area contributed by atoms with Gasteiger partial charge in [-0.1, -0.05) is 284 Å². The second-order valence-corrected chi connectivity index (χ2v) is 28.7. The standard InChI is InChI=1S/C81H140O16P2/c1-4-7-10-13-16-19-22-25-28-30-32-33-34-35-36-37-38-39-40-41-43-45-47-49-52-55-58-61-64-67-79(84)91-70-76(82)71-93-98(87,88)94-72-77(83)73-95-99(89,90)96-75-78(97-81(86)69-66-63-60-57-54-51-46-27-24-21-18-15-12-9-6-3)74-92-80(85)68-65-62-59-56-53-50-48-44-42-31-29-26-23-20-17-14-11-8-5-2/h8,11,16-21,25-29,32-33,35-36,42,44,46,76-78,82-83H,4-7,9-10,12-15,22-24,30-31,34,37-41,43,45,47-75H2,1-3H3,(H,87,88)(H,89,90)/b11-8-,19-16-,20-17-,21-18-,28-25-,29-26-,33-32-,36-35-,44-42-,46-27-. The summed E-state index contributed by atoms with van der Waals surface area (Å²) in [5, 5.41) is 20.6. The molecular weight excluding hydrogens is 1290 g/mol. The van der Waals surface area contributed by atoms with Crippen LogP contribution >= 0.6 is 15.6 Å². The van der Waals surface area contributed by atoms with Gasteiger partial charge in [0, 0.05) is 19.3 Å². The van der Waals surface area contributed by atoms with Crippen molar-refractivity contribution in [2.75, 3.05) is 39.6 Å². The highest BCUT2D eigenvalue weighted by molar-refractivity contribution is 7.47. The maximum Gasteiger partial charge on any atom is 0.472 e. The molecule has 570 valence electrons. The molecule has 0 aliphatic carbocycles. The Morgan fingerprint density at radius 2 is 0.535 bits per heavy atom. The molecule has 0 saturated carbocycles. The number of aliphatic hydroxyl groups excluding tert-OH is 2. The normalized spacial score (nSPS) is 14.7. The molecule has 0 radical (unpaired) electrons. The average Bonchev–Trinajstić information content (AvgIpc) is 1.92. The largest absolute Gasteiger partial charge is 0.472 e. The van der Waals surface area contributed by atoms with Gasteiger partial charge in [0.15, 0.2) is 6.10 Å². The van der Waals surface area contributed by atoms with Crippen molar-refractivity contribution in [3.8, 4) is 0 Å². The summed E-state index contributed by atoms with van der Waals surface area (Å²) in [7, 11) is -9.80. The smallest absolute Gasteiger partial charge is 0.463 e. The second kappa shape index (κ2) is 73.7.